The zero-order valence-corrected chi connectivity index (χ0v) is 16.9. The molecular weight excluding hydrogens is 374 g/mol. The van der Waals surface area contributed by atoms with Crippen molar-refractivity contribution in [3.05, 3.63) is 81.8 Å². The van der Waals surface area contributed by atoms with Crippen LogP contribution in [-0.4, -0.2) is 22.1 Å². The molecule has 1 saturated heterocycles. The van der Waals surface area contributed by atoms with Crippen LogP contribution in [0, 0.1) is 6.92 Å². The molecule has 0 saturated carbocycles. The maximum atomic E-state index is 5.73. The summed E-state index contributed by atoms with van der Waals surface area (Å²) in [6.07, 6.45) is 1.84. The fourth-order valence-electron chi connectivity index (χ4n) is 3.47. The molecule has 3 heterocycles. The van der Waals surface area contributed by atoms with Crippen molar-refractivity contribution in [2.24, 2.45) is 0 Å². The van der Waals surface area contributed by atoms with Gasteiger partial charge in [-0.2, -0.15) is 0 Å². The number of ether oxygens (including phenoxy) is 1. The molecule has 3 aromatic rings. The minimum Gasteiger partial charge on any atom is -0.497 e. The molecule has 27 heavy (non-hydrogen) atoms. The Bertz CT molecular complexity index is 924. The number of benzene rings is 1. The summed E-state index contributed by atoms with van der Waals surface area (Å²) in [5.41, 5.74) is 3.49. The van der Waals surface area contributed by atoms with Crippen molar-refractivity contribution in [3.63, 3.8) is 0 Å². The standard InChI is InChI=1S/C21H21N3OS2/c1-14-10-12-27-20(14)19-18(17-5-3-4-11-22-17)23-21(26)24(19)13-15-6-8-16(25-2)9-7-15/h3-12,18-19H,13H2,1-2H3,(H,23,26)/t18-,19-/m1/s1. The average molecular weight is 396 g/mol. The van der Waals surface area contributed by atoms with Gasteiger partial charge in [0.15, 0.2) is 5.11 Å². The van der Waals surface area contributed by atoms with Crippen LogP contribution in [0.25, 0.3) is 0 Å². The van der Waals surface area contributed by atoms with E-state index in [1.807, 2.05) is 30.5 Å². The summed E-state index contributed by atoms with van der Waals surface area (Å²) in [5, 5.41) is 6.41. The smallest absolute Gasteiger partial charge is 0.170 e. The Labute approximate surface area is 168 Å². The molecule has 0 bridgehead atoms. The minimum absolute atomic E-state index is 0.0364. The number of aromatic nitrogens is 1. The molecule has 138 valence electrons. The van der Waals surface area contributed by atoms with Gasteiger partial charge in [0.05, 0.1) is 24.9 Å². The van der Waals surface area contributed by atoms with Gasteiger partial charge in [-0.3, -0.25) is 4.98 Å². The van der Waals surface area contributed by atoms with Crippen LogP contribution >= 0.6 is 23.6 Å². The Hall–Kier alpha value is -2.44. The summed E-state index contributed by atoms with van der Waals surface area (Å²) in [7, 11) is 1.68. The lowest BCUT2D eigenvalue weighted by Gasteiger charge is -2.27. The molecule has 0 unspecified atom stereocenters. The lowest BCUT2D eigenvalue weighted by molar-refractivity contribution is 0.314. The van der Waals surface area contributed by atoms with Gasteiger partial charge < -0.3 is 15.0 Å². The third kappa shape index (κ3) is 3.55. The number of thiocarbonyl (C=S) groups is 1. The summed E-state index contributed by atoms with van der Waals surface area (Å²) < 4.78 is 5.27. The van der Waals surface area contributed by atoms with Gasteiger partial charge in [-0.1, -0.05) is 18.2 Å². The normalized spacial score (nSPS) is 19.2. The molecule has 1 aliphatic rings. The molecule has 4 rings (SSSR count). The van der Waals surface area contributed by atoms with Crippen molar-refractivity contribution in [3.8, 4) is 5.75 Å². The van der Waals surface area contributed by atoms with Crippen molar-refractivity contribution in [2.45, 2.75) is 25.6 Å². The number of thiophene rings is 1. The van der Waals surface area contributed by atoms with E-state index in [-0.39, 0.29) is 12.1 Å². The fraction of sp³-hybridized carbons (Fsp3) is 0.238. The third-order valence-electron chi connectivity index (χ3n) is 4.88. The van der Waals surface area contributed by atoms with Crippen molar-refractivity contribution in [1.29, 1.82) is 0 Å². The quantitative estimate of drug-likeness (QED) is 0.638. The molecular formula is C21H21N3OS2. The summed E-state index contributed by atoms with van der Waals surface area (Å²) in [4.78, 5) is 8.19. The van der Waals surface area contributed by atoms with E-state index < -0.39 is 0 Å². The van der Waals surface area contributed by atoms with Crippen molar-refractivity contribution < 1.29 is 4.74 Å². The van der Waals surface area contributed by atoms with Crippen LogP contribution in [0.3, 0.4) is 0 Å². The van der Waals surface area contributed by atoms with Crippen LogP contribution < -0.4 is 10.1 Å². The first-order valence-corrected chi connectivity index (χ1v) is 10.1. The maximum absolute atomic E-state index is 5.73. The SMILES string of the molecule is COc1ccc(CN2C(=S)N[C@H](c3ccccn3)[C@@H]2c2sccc2C)cc1. The highest BCUT2D eigenvalue weighted by Crippen LogP contribution is 2.42. The summed E-state index contributed by atoms with van der Waals surface area (Å²) in [6.45, 7) is 2.90. The van der Waals surface area contributed by atoms with Gasteiger partial charge in [-0.15, -0.1) is 11.3 Å². The number of pyridine rings is 1. The molecule has 1 aliphatic heterocycles. The van der Waals surface area contributed by atoms with Crippen LogP contribution in [0.5, 0.6) is 5.75 Å². The van der Waals surface area contributed by atoms with Gasteiger partial charge in [-0.05, 0) is 66.0 Å². The van der Waals surface area contributed by atoms with Crippen molar-refractivity contribution in [1.82, 2.24) is 15.2 Å². The number of aryl methyl sites for hydroxylation is 1. The van der Waals surface area contributed by atoms with Crippen LogP contribution in [0.1, 0.15) is 33.8 Å². The Morgan fingerprint density at radius 3 is 2.63 bits per heavy atom. The van der Waals surface area contributed by atoms with Gasteiger partial charge >= 0.3 is 0 Å². The average Bonchev–Trinajstić information content (AvgIpc) is 3.26. The first kappa shape index (κ1) is 17.9. The van der Waals surface area contributed by atoms with E-state index in [0.29, 0.717) is 0 Å². The van der Waals surface area contributed by atoms with E-state index in [2.05, 4.69) is 51.8 Å². The zero-order chi connectivity index (χ0) is 18.8. The summed E-state index contributed by atoms with van der Waals surface area (Å²) >= 11 is 7.51. The second-order valence-electron chi connectivity index (χ2n) is 6.57. The van der Waals surface area contributed by atoms with E-state index in [1.54, 1.807) is 18.4 Å². The molecule has 6 heteroatoms. The second kappa shape index (κ2) is 7.66. The lowest BCUT2D eigenvalue weighted by atomic mass is 10.0. The van der Waals surface area contributed by atoms with Gasteiger partial charge in [0.1, 0.15) is 5.75 Å². The van der Waals surface area contributed by atoms with Crippen molar-refractivity contribution >= 4 is 28.7 Å². The predicted molar refractivity (Wildman–Crippen MR) is 113 cm³/mol. The highest BCUT2D eigenvalue weighted by atomic mass is 32.1. The monoisotopic (exact) mass is 395 g/mol. The van der Waals surface area contributed by atoms with Crippen LogP contribution in [0.2, 0.25) is 0 Å². The Morgan fingerprint density at radius 1 is 1.19 bits per heavy atom. The number of hydrogen-bond acceptors (Lipinski definition) is 4. The van der Waals surface area contributed by atoms with E-state index >= 15 is 0 Å². The number of methoxy groups -OCH3 is 1. The topological polar surface area (TPSA) is 37.4 Å². The van der Waals surface area contributed by atoms with Gasteiger partial charge in [0.25, 0.3) is 0 Å². The van der Waals surface area contributed by atoms with Gasteiger partial charge in [0, 0.05) is 17.6 Å². The minimum atomic E-state index is 0.0364. The number of rotatable bonds is 5. The second-order valence-corrected chi connectivity index (χ2v) is 7.90. The Balaban J connectivity index is 1.70. The molecule has 2 atom stereocenters. The molecule has 0 amide bonds. The fourth-order valence-corrected chi connectivity index (χ4v) is 4.86. The van der Waals surface area contributed by atoms with E-state index in [1.165, 1.54) is 16.0 Å². The van der Waals surface area contributed by atoms with Crippen LogP contribution in [0.4, 0.5) is 0 Å². The Kier molecular flexibility index (Phi) is 5.09. The van der Waals surface area contributed by atoms with Crippen LogP contribution in [-0.2, 0) is 6.54 Å². The largest absolute Gasteiger partial charge is 0.497 e. The predicted octanol–water partition coefficient (Wildman–Crippen LogP) is 4.63. The highest BCUT2D eigenvalue weighted by Gasteiger charge is 2.40. The van der Waals surface area contributed by atoms with E-state index in [4.69, 9.17) is 17.0 Å². The molecule has 0 radical (unpaired) electrons. The van der Waals surface area contributed by atoms with E-state index in [0.717, 1.165) is 23.1 Å². The van der Waals surface area contributed by atoms with Crippen molar-refractivity contribution in [2.75, 3.05) is 7.11 Å². The van der Waals surface area contributed by atoms with E-state index in [9.17, 15) is 0 Å². The van der Waals surface area contributed by atoms with Gasteiger partial charge in [0.2, 0.25) is 0 Å². The third-order valence-corrected chi connectivity index (χ3v) is 6.32. The first-order chi connectivity index (χ1) is 13.2. The van der Waals surface area contributed by atoms with Gasteiger partial charge in [-0.25, -0.2) is 0 Å². The number of nitrogens with one attached hydrogen (secondary N) is 1. The molecule has 1 fully saturated rings. The summed E-state index contributed by atoms with van der Waals surface area (Å²) in [6, 6.07) is 16.5. The molecule has 4 nitrogen and oxygen atoms in total. The highest BCUT2D eigenvalue weighted by molar-refractivity contribution is 7.80. The van der Waals surface area contributed by atoms with Crippen LogP contribution in [0.15, 0.2) is 60.1 Å². The zero-order valence-electron chi connectivity index (χ0n) is 15.3. The molecule has 2 aromatic heterocycles. The molecule has 1 N–H and O–H groups in total. The number of nitrogens with zero attached hydrogens (tertiary/aromatic N) is 2. The lowest BCUT2D eigenvalue weighted by Crippen LogP contribution is -2.29. The summed E-state index contributed by atoms with van der Waals surface area (Å²) in [5.74, 6) is 0.859. The first-order valence-electron chi connectivity index (χ1n) is 8.82. The molecule has 1 aromatic carbocycles. The maximum Gasteiger partial charge on any atom is 0.170 e. The molecule has 0 spiro atoms. The Morgan fingerprint density at radius 2 is 2.00 bits per heavy atom. The number of hydrogen-bond donors (Lipinski definition) is 1. The molecule has 0 aliphatic carbocycles.